The highest BCUT2D eigenvalue weighted by Gasteiger charge is 2.28. The second-order valence-corrected chi connectivity index (χ2v) is 8.10. The van der Waals surface area contributed by atoms with Gasteiger partial charge in [0.25, 0.3) is 0 Å². The second-order valence-electron chi connectivity index (χ2n) is 5.89. The Balaban J connectivity index is 0.00000242. The Morgan fingerprint density at radius 2 is 2.00 bits per heavy atom. The number of benzene rings is 1. The Labute approximate surface area is 142 Å². The van der Waals surface area contributed by atoms with Crippen molar-refractivity contribution < 1.29 is 12.8 Å². The number of nitrogens with one attached hydrogen (secondary N) is 2. The summed E-state index contributed by atoms with van der Waals surface area (Å²) in [5, 5.41) is 3.20. The molecule has 0 bridgehead atoms. The van der Waals surface area contributed by atoms with Crippen molar-refractivity contribution in [2.24, 2.45) is 5.41 Å². The lowest BCUT2D eigenvalue weighted by atomic mass is 9.81. The summed E-state index contributed by atoms with van der Waals surface area (Å²) in [6.07, 6.45) is 1.88. The molecule has 0 unspecified atom stereocenters. The maximum absolute atomic E-state index is 13.1. The summed E-state index contributed by atoms with van der Waals surface area (Å²) in [7, 11) is -3.45. The van der Waals surface area contributed by atoms with E-state index < -0.39 is 15.8 Å². The summed E-state index contributed by atoms with van der Waals surface area (Å²) in [6, 6.07) is 3.97. The molecule has 0 amide bonds. The summed E-state index contributed by atoms with van der Waals surface area (Å²) in [5.41, 5.74) is 0.461. The number of rotatable bonds is 5. The summed E-state index contributed by atoms with van der Waals surface area (Å²) >= 11 is 5.67. The molecule has 0 aromatic heterocycles. The lowest BCUT2D eigenvalue weighted by Crippen LogP contribution is -2.43. The third-order valence-corrected chi connectivity index (χ3v) is 5.46. The number of sulfonamides is 1. The van der Waals surface area contributed by atoms with Crippen molar-refractivity contribution in [3.63, 3.8) is 0 Å². The molecule has 0 radical (unpaired) electrons. The SMILES string of the molecule is CC1(CNS(=O)(=O)Cc2ccc(F)c(Cl)c2)CCNCC1.Cl. The molecule has 1 aromatic rings. The van der Waals surface area contributed by atoms with Gasteiger partial charge in [0.05, 0.1) is 10.8 Å². The molecule has 1 aliphatic heterocycles. The maximum Gasteiger partial charge on any atom is 0.215 e. The molecule has 0 saturated carbocycles. The standard InChI is InChI=1S/C14H20ClFN2O2S.ClH/c1-14(4-6-17-7-5-14)10-18-21(19,20)9-11-2-3-13(16)12(15)8-11;/h2-3,8,17-18H,4-7,9-10H2,1H3;1H. The van der Waals surface area contributed by atoms with Crippen molar-refractivity contribution in [3.8, 4) is 0 Å². The van der Waals surface area contributed by atoms with Gasteiger partial charge in [0.1, 0.15) is 5.82 Å². The largest absolute Gasteiger partial charge is 0.317 e. The van der Waals surface area contributed by atoms with Crippen LogP contribution in [0.25, 0.3) is 0 Å². The zero-order valence-electron chi connectivity index (χ0n) is 12.4. The van der Waals surface area contributed by atoms with Crippen LogP contribution in [0.4, 0.5) is 4.39 Å². The van der Waals surface area contributed by atoms with Crippen LogP contribution in [-0.4, -0.2) is 28.1 Å². The molecule has 22 heavy (non-hydrogen) atoms. The van der Waals surface area contributed by atoms with Gasteiger partial charge in [0.15, 0.2) is 0 Å². The summed E-state index contributed by atoms with van der Waals surface area (Å²) in [5.74, 6) is -0.741. The minimum Gasteiger partial charge on any atom is -0.317 e. The van der Waals surface area contributed by atoms with E-state index in [2.05, 4.69) is 17.0 Å². The van der Waals surface area contributed by atoms with Gasteiger partial charge in [-0.3, -0.25) is 0 Å². The lowest BCUT2D eigenvalue weighted by molar-refractivity contribution is 0.232. The van der Waals surface area contributed by atoms with E-state index in [1.54, 1.807) is 0 Å². The molecule has 0 atom stereocenters. The Bertz CT molecular complexity index is 605. The molecule has 0 aliphatic carbocycles. The summed E-state index contributed by atoms with van der Waals surface area (Å²) in [6.45, 7) is 4.33. The smallest absolute Gasteiger partial charge is 0.215 e. The normalized spacial score (nSPS) is 17.8. The van der Waals surface area contributed by atoms with Gasteiger partial charge in [0, 0.05) is 6.54 Å². The number of piperidine rings is 1. The van der Waals surface area contributed by atoms with Crippen LogP contribution < -0.4 is 10.0 Å². The van der Waals surface area contributed by atoms with Crippen molar-refractivity contribution in [1.29, 1.82) is 0 Å². The molecule has 2 N–H and O–H groups in total. The molecule has 126 valence electrons. The van der Waals surface area contributed by atoms with E-state index in [1.165, 1.54) is 18.2 Å². The van der Waals surface area contributed by atoms with E-state index in [9.17, 15) is 12.8 Å². The molecule has 0 spiro atoms. The average molecular weight is 371 g/mol. The minimum atomic E-state index is -3.45. The van der Waals surface area contributed by atoms with Crippen molar-refractivity contribution in [2.75, 3.05) is 19.6 Å². The second kappa shape index (κ2) is 7.93. The van der Waals surface area contributed by atoms with Gasteiger partial charge in [-0.05, 0) is 49.0 Å². The molecule has 1 fully saturated rings. The van der Waals surface area contributed by atoms with Gasteiger partial charge in [-0.2, -0.15) is 0 Å². The van der Waals surface area contributed by atoms with E-state index in [4.69, 9.17) is 11.6 Å². The fraction of sp³-hybridized carbons (Fsp3) is 0.571. The van der Waals surface area contributed by atoms with Gasteiger partial charge in [0.2, 0.25) is 10.0 Å². The Morgan fingerprint density at radius 3 is 2.59 bits per heavy atom. The predicted molar refractivity (Wildman–Crippen MR) is 89.5 cm³/mol. The summed E-state index contributed by atoms with van der Waals surface area (Å²) in [4.78, 5) is 0. The zero-order chi connectivity index (χ0) is 15.5. The van der Waals surface area contributed by atoms with Crippen LogP contribution in [0.1, 0.15) is 25.3 Å². The minimum absolute atomic E-state index is 0. The number of halogens is 3. The molecule has 4 nitrogen and oxygen atoms in total. The molecule has 8 heteroatoms. The Morgan fingerprint density at radius 1 is 1.36 bits per heavy atom. The topological polar surface area (TPSA) is 58.2 Å². The number of hydrogen-bond acceptors (Lipinski definition) is 3. The quantitative estimate of drug-likeness (QED) is 0.837. The first-order valence-corrected chi connectivity index (χ1v) is 8.95. The van der Waals surface area contributed by atoms with Crippen LogP contribution >= 0.6 is 24.0 Å². The van der Waals surface area contributed by atoms with Gasteiger partial charge >= 0.3 is 0 Å². The Hall–Kier alpha value is -0.400. The molecule has 2 rings (SSSR count). The monoisotopic (exact) mass is 370 g/mol. The van der Waals surface area contributed by atoms with E-state index in [-0.39, 0.29) is 28.6 Å². The average Bonchev–Trinajstić information content (AvgIpc) is 2.42. The highest BCUT2D eigenvalue weighted by molar-refractivity contribution is 7.88. The number of hydrogen-bond donors (Lipinski definition) is 2. The molecule has 1 saturated heterocycles. The van der Waals surface area contributed by atoms with E-state index in [1.807, 2.05) is 0 Å². The highest BCUT2D eigenvalue weighted by atomic mass is 35.5. The third-order valence-electron chi connectivity index (χ3n) is 3.87. The molecular weight excluding hydrogens is 350 g/mol. The molecule has 1 heterocycles. The van der Waals surface area contributed by atoms with Gasteiger partial charge < -0.3 is 5.32 Å². The van der Waals surface area contributed by atoms with Crippen LogP contribution in [0.3, 0.4) is 0 Å². The van der Waals surface area contributed by atoms with Crippen LogP contribution in [0.15, 0.2) is 18.2 Å². The van der Waals surface area contributed by atoms with Crippen LogP contribution in [0.5, 0.6) is 0 Å². The third kappa shape index (κ3) is 5.66. The molecular formula is C14H21Cl2FN2O2S. The van der Waals surface area contributed by atoms with Crippen LogP contribution in [0, 0.1) is 11.2 Å². The van der Waals surface area contributed by atoms with Crippen molar-refractivity contribution >= 4 is 34.0 Å². The molecule has 1 aliphatic rings. The van der Waals surface area contributed by atoms with E-state index in [0.29, 0.717) is 12.1 Å². The van der Waals surface area contributed by atoms with Crippen molar-refractivity contribution in [2.45, 2.75) is 25.5 Å². The van der Waals surface area contributed by atoms with Crippen LogP contribution in [0.2, 0.25) is 5.02 Å². The van der Waals surface area contributed by atoms with E-state index >= 15 is 0 Å². The van der Waals surface area contributed by atoms with Crippen molar-refractivity contribution in [3.05, 3.63) is 34.6 Å². The fourth-order valence-electron chi connectivity index (χ4n) is 2.39. The first-order valence-electron chi connectivity index (χ1n) is 6.92. The van der Waals surface area contributed by atoms with Gasteiger partial charge in [-0.25, -0.2) is 17.5 Å². The Kier molecular flexibility index (Phi) is 7.08. The van der Waals surface area contributed by atoms with Crippen LogP contribution in [-0.2, 0) is 15.8 Å². The maximum atomic E-state index is 13.1. The zero-order valence-corrected chi connectivity index (χ0v) is 14.8. The lowest BCUT2D eigenvalue weighted by Gasteiger charge is -2.34. The fourth-order valence-corrected chi connectivity index (χ4v) is 3.88. The first-order chi connectivity index (χ1) is 9.80. The summed E-state index contributed by atoms with van der Waals surface area (Å²) < 4.78 is 40.0. The predicted octanol–water partition coefficient (Wildman–Crippen LogP) is 2.71. The highest BCUT2D eigenvalue weighted by Crippen LogP contribution is 2.27. The van der Waals surface area contributed by atoms with E-state index in [0.717, 1.165) is 25.9 Å². The first kappa shape index (κ1) is 19.6. The van der Waals surface area contributed by atoms with Gasteiger partial charge in [-0.1, -0.05) is 24.6 Å². The molecule has 1 aromatic carbocycles. The van der Waals surface area contributed by atoms with Gasteiger partial charge in [-0.15, -0.1) is 12.4 Å². The van der Waals surface area contributed by atoms with Crippen molar-refractivity contribution in [1.82, 2.24) is 10.0 Å².